The van der Waals surface area contributed by atoms with E-state index < -0.39 is 4.92 Å². The Bertz CT molecular complexity index is 718. The number of hydrogen-bond donors (Lipinski definition) is 0. The molecule has 1 aromatic rings. The second-order valence-corrected chi connectivity index (χ2v) is 7.38. The van der Waals surface area contributed by atoms with E-state index in [2.05, 4.69) is 4.90 Å². The van der Waals surface area contributed by atoms with Crippen molar-refractivity contribution in [1.29, 1.82) is 0 Å². The van der Waals surface area contributed by atoms with Gasteiger partial charge in [-0.05, 0) is 43.2 Å². The molecule has 3 unspecified atom stereocenters. The first-order chi connectivity index (χ1) is 12.0. The normalized spacial score (nSPS) is 28.5. The number of non-ortho nitro benzene ring substituents is 1. The monoisotopic (exact) mass is 343 g/mol. The molecule has 1 aromatic carbocycles. The number of nitro benzene ring substituents is 1. The lowest BCUT2D eigenvalue weighted by Crippen LogP contribution is -2.61. The van der Waals surface area contributed by atoms with Crippen molar-refractivity contribution in [1.82, 2.24) is 9.80 Å². The van der Waals surface area contributed by atoms with Crippen LogP contribution in [0, 0.1) is 22.0 Å². The Morgan fingerprint density at radius 3 is 2.64 bits per heavy atom. The van der Waals surface area contributed by atoms with Crippen LogP contribution in [0.15, 0.2) is 24.3 Å². The van der Waals surface area contributed by atoms with Gasteiger partial charge in [0.05, 0.1) is 4.92 Å². The number of likely N-dealkylation sites (tertiary alicyclic amines) is 1. The number of hydrogen-bond acceptors (Lipinski definition) is 4. The van der Waals surface area contributed by atoms with Gasteiger partial charge in [-0.3, -0.25) is 19.7 Å². The molecule has 0 aliphatic carbocycles. The molecule has 4 rings (SSSR count). The van der Waals surface area contributed by atoms with Crippen LogP contribution in [0.25, 0.3) is 0 Å². The maximum atomic E-state index is 12.8. The summed E-state index contributed by atoms with van der Waals surface area (Å²) < 4.78 is 0. The average Bonchev–Trinajstić information content (AvgIpc) is 2.62. The Hall–Kier alpha value is -2.44. The zero-order chi connectivity index (χ0) is 17.6. The lowest BCUT2D eigenvalue weighted by atomic mass is 9.76. The molecule has 2 amide bonds. The number of carbonyl (C=O) groups is 2. The van der Waals surface area contributed by atoms with Gasteiger partial charge in [0.15, 0.2) is 0 Å². The fourth-order valence-electron chi connectivity index (χ4n) is 4.68. The van der Waals surface area contributed by atoms with Crippen LogP contribution in [-0.2, 0) is 4.79 Å². The van der Waals surface area contributed by atoms with Crippen molar-refractivity contribution in [2.45, 2.75) is 31.7 Å². The molecule has 132 valence electrons. The molecule has 0 spiro atoms. The molecule has 0 saturated carbocycles. The molecule has 7 heteroatoms. The molecule has 3 heterocycles. The molecule has 7 nitrogen and oxygen atoms in total. The van der Waals surface area contributed by atoms with Gasteiger partial charge in [-0.2, -0.15) is 0 Å². The zero-order valence-electron chi connectivity index (χ0n) is 14.0. The maximum Gasteiger partial charge on any atom is 0.269 e. The van der Waals surface area contributed by atoms with Gasteiger partial charge in [0.2, 0.25) is 5.91 Å². The zero-order valence-corrected chi connectivity index (χ0v) is 14.0. The fraction of sp³-hybridized carbons (Fsp3) is 0.556. The SMILES string of the molecule is O=C(c1ccc([N+](=O)[O-])cc1)N1CC2CC(C1)C1CCCC(=O)N1C2. The third kappa shape index (κ3) is 2.88. The van der Waals surface area contributed by atoms with Crippen molar-refractivity contribution < 1.29 is 14.5 Å². The maximum absolute atomic E-state index is 12.8. The summed E-state index contributed by atoms with van der Waals surface area (Å²) in [6.45, 7) is 2.08. The van der Waals surface area contributed by atoms with E-state index in [1.54, 1.807) is 0 Å². The summed E-state index contributed by atoms with van der Waals surface area (Å²) >= 11 is 0. The van der Waals surface area contributed by atoms with Crippen molar-refractivity contribution in [3.8, 4) is 0 Å². The van der Waals surface area contributed by atoms with Crippen LogP contribution >= 0.6 is 0 Å². The highest BCUT2D eigenvalue weighted by atomic mass is 16.6. The predicted molar refractivity (Wildman–Crippen MR) is 89.9 cm³/mol. The number of benzene rings is 1. The first kappa shape index (κ1) is 16.1. The number of rotatable bonds is 2. The molecule has 2 bridgehead atoms. The smallest absolute Gasteiger partial charge is 0.269 e. The highest BCUT2D eigenvalue weighted by Crippen LogP contribution is 2.38. The van der Waals surface area contributed by atoms with Crippen LogP contribution in [0.4, 0.5) is 5.69 Å². The lowest BCUT2D eigenvalue weighted by Gasteiger charge is -2.52. The van der Waals surface area contributed by atoms with Gasteiger partial charge in [-0.1, -0.05) is 0 Å². The van der Waals surface area contributed by atoms with Crippen molar-refractivity contribution in [2.75, 3.05) is 19.6 Å². The number of nitrogens with zero attached hydrogens (tertiary/aromatic N) is 3. The molecular weight excluding hydrogens is 322 g/mol. The van der Waals surface area contributed by atoms with Crippen molar-refractivity contribution in [3.05, 3.63) is 39.9 Å². The lowest BCUT2D eigenvalue weighted by molar-refractivity contribution is -0.384. The van der Waals surface area contributed by atoms with E-state index in [0.29, 0.717) is 36.9 Å². The molecule has 0 aromatic heterocycles. The van der Waals surface area contributed by atoms with Crippen molar-refractivity contribution in [2.24, 2.45) is 11.8 Å². The van der Waals surface area contributed by atoms with Gasteiger partial charge in [0, 0.05) is 49.8 Å². The highest BCUT2D eigenvalue weighted by Gasteiger charge is 2.44. The number of carbonyl (C=O) groups excluding carboxylic acids is 2. The Kier molecular flexibility index (Phi) is 3.94. The summed E-state index contributed by atoms with van der Waals surface area (Å²) in [7, 11) is 0. The molecule has 3 fully saturated rings. The van der Waals surface area contributed by atoms with Gasteiger partial charge in [0.1, 0.15) is 0 Å². The second-order valence-electron chi connectivity index (χ2n) is 7.38. The third-order valence-electron chi connectivity index (χ3n) is 5.79. The number of fused-ring (bicyclic) bond motifs is 4. The fourth-order valence-corrected chi connectivity index (χ4v) is 4.68. The van der Waals surface area contributed by atoms with Crippen LogP contribution in [-0.4, -0.2) is 52.2 Å². The number of nitro groups is 1. The summed E-state index contributed by atoms with van der Waals surface area (Å²) in [6, 6.07) is 6.08. The van der Waals surface area contributed by atoms with Gasteiger partial charge >= 0.3 is 0 Å². The molecule has 3 aliphatic rings. The van der Waals surface area contributed by atoms with E-state index in [0.717, 1.165) is 25.8 Å². The third-order valence-corrected chi connectivity index (χ3v) is 5.79. The second kappa shape index (κ2) is 6.13. The van der Waals surface area contributed by atoms with Crippen LogP contribution < -0.4 is 0 Å². The van der Waals surface area contributed by atoms with E-state index in [1.807, 2.05) is 4.90 Å². The quantitative estimate of drug-likeness (QED) is 0.608. The molecule has 3 aliphatic heterocycles. The first-order valence-corrected chi connectivity index (χ1v) is 8.86. The topological polar surface area (TPSA) is 83.8 Å². The van der Waals surface area contributed by atoms with E-state index in [1.165, 1.54) is 24.3 Å². The summed E-state index contributed by atoms with van der Waals surface area (Å²) in [5, 5.41) is 10.8. The molecular formula is C18H21N3O4. The highest BCUT2D eigenvalue weighted by molar-refractivity contribution is 5.94. The van der Waals surface area contributed by atoms with Gasteiger partial charge in [-0.25, -0.2) is 0 Å². The standard InChI is InChI=1S/C18H21N3O4/c22-17-3-1-2-16-14-8-12(10-20(16)17)9-19(11-14)18(23)13-4-6-15(7-5-13)21(24)25/h4-7,12,14,16H,1-3,8-11H2. The van der Waals surface area contributed by atoms with E-state index in [9.17, 15) is 19.7 Å². The minimum atomic E-state index is -0.464. The van der Waals surface area contributed by atoms with Crippen LogP contribution in [0.2, 0.25) is 0 Å². The van der Waals surface area contributed by atoms with Gasteiger partial charge in [0.25, 0.3) is 11.6 Å². The number of piperidine rings is 3. The van der Waals surface area contributed by atoms with E-state index in [-0.39, 0.29) is 23.5 Å². The molecule has 3 saturated heterocycles. The molecule has 0 N–H and O–H groups in total. The van der Waals surface area contributed by atoms with E-state index in [4.69, 9.17) is 0 Å². The summed E-state index contributed by atoms with van der Waals surface area (Å²) in [5.41, 5.74) is 0.477. The minimum absolute atomic E-state index is 0.0107. The average molecular weight is 343 g/mol. The Labute approximate surface area is 145 Å². The Balaban J connectivity index is 1.50. The summed E-state index contributed by atoms with van der Waals surface area (Å²) in [5.74, 6) is 0.874. The van der Waals surface area contributed by atoms with Gasteiger partial charge in [-0.15, -0.1) is 0 Å². The van der Waals surface area contributed by atoms with Crippen LogP contribution in [0.5, 0.6) is 0 Å². The minimum Gasteiger partial charge on any atom is -0.339 e. The molecule has 3 atom stereocenters. The first-order valence-electron chi connectivity index (χ1n) is 8.86. The Morgan fingerprint density at radius 2 is 1.92 bits per heavy atom. The summed E-state index contributed by atoms with van der Waals surface area (Å²) in [4.78, 5) is 39.2. The number of amides is 2. The largest absolute Gasteiger partial charge is 0.339 e. The molecule has 0 radical (unpaired) electrons. The Morgan fingerprint density at radius 1 is 1.16 bits per heavy atom. The molecule has 25 heavy (non-hydrogen) atoms. The van der Waals surface area contributed by atoms with Crippen LogP contribution in [0.1, 0.15) is 36.0 Å². The van der Waals surface area contributed by atoms with Crippen molar-refractivity contribution in [3.63, 3.8) is 0 Å². The van der Waals surface area contributed by atoms with Gasteiger partial charge < -0.3 is 9.80 Å². The predicted octanol–water partition coefficient (Wildman–Crippen LogP) is 2.07. The van der Waals surface area contributed by atoms with Crippen molar-refractivity contribution >= 4 is 17.5 Å². The van der Waals surface area contributed by atoms with E-state index >= 15 is 0 Å². The summed E-state index contributed by atoms with van der Waals surface area (Å²) in [6.07, 6.45) is 3.71. The van der Waals surface area contributed by atoms with Crippen LogP contribution in [0.3, 0.4) is 0 Å².